The van der Waals surface area contributed by atoms with Crippen molar-refractivity contribution in [1.82, 2.24) is 5.32 Å². The fourth-order valence-electron chi connectivity index (χ4n) is 3.38. The third-order valence-corrected chi connectivity index (χ3v) is 4.74. The molecular formula is C21H23NO4. The maximum Gasteiger partial charge on any atom is 0.335 e. The first-order chi connectivity index (χ1) is 12.6. The number of hydrogen-bond acceptors (Lipinski definition) is 3. The van der Waals surface area contributed by atoms with Gasteiger partial charge in [-0.1, -0.05) is 43.3 Å². The van der Waals surface area contributed by atoms with Crippen LogP contribution in [0.25, 0.3) is 0 Å². The van der Waals surface area contributed by atoms with Gasteiger partial charge in [0.15, 0.2) is 0 Å². The van der Waals surface area contributed by atoms with Crippen molar-refractivity contribution in [2.24, 2.45) is 0 Å². The topological polar surface area (TPSA) is 75.6 Å². The predicted molar refractivity (Wildman–Crippen MR) is 98.5 cm³/mol. The van der Waals surface area contributed by atoms with Crippen molar-refractivity contribution in [2.75, 3.05) is 6.61 Å². The summed E-state index contributed by atoms with van der Waals surface area (Å²) in [6.45, 7) is 2.66. The van der Waals surface area contributed by atoms with Crippen molar-refractivity contribution >= 4 is 11.9 Å². The monoisotopic (exact) mass is 353 g/mol. The van der Waals surface area contributed by atoms with Gasteiger partial charge in [0.2, 0.25) is 5.91 Å². The Hall–Kier alpha value is -2.82. The Balaban J connectivity index is 1.66. The molecule has 0 aromatic heterocycles. The number of nitrogens with one attached hydrogen (secondary N) is 1. The maximum atomic E-state index is 12.4. The van der Waals surface area contributed by atoms with E-state index in [1.54, 1.807) is 24.3 Å². The van der Waals surface area contributed by atoms with Crippen LogP contribution in [-0.2, 0) is 17.6 Å². The molecule has 136 valence electrons. The van der Waals surface area contributed by atoms with Crippen LogP contribution in [0.2, 0.25) is 0 Å². The van der Waals surface area contributed by atoms with E-state index in [1.807, 2.05) is 18.2 Å². The summed E-state index contributed by atoms with van der Waals surface area (Å²) in [5.41, 5.74) is 3.10. The van der Waals surface area contributed by atoms with Crippen LogP contribution in [-0.4, -0.2) is 23.6 Å². The number of amides is 1. The van der Waals surface area contributed by atoms with Crippen molar-refractivity contribution in [2.45, 2.75) is 38.6 Å². The lowest BCUT2D eigenvalue weighted by Gasteiger charge is -2.28. The fourth-order valence-corrected chi connectivity index (χ4v) is 3.38. The molecular weight excluding hydrogens is 330 g/mol. The second-order valence-corrected chi connectivity index (χ2v) is 6.41. The molecule has 0 spiro atoms. The molecule has 2 aromatic carbocycles. The SMILES string of the molecule is CCc1cccc2c1OCCC2NC(=O)CCc1ccccc1C(=O)O. The van der Waals surface area contributed by atoms with Gasteiger partial charge in [-0.3, -0.25) is 4.79 Å². The molecule has 0 radical (unpaired) electrons. The minimum Gasteiger partial charge on any atom is -0.493 e. The van der Waals surface area contributed by atoms with Crippen LogP contribution in [0.3, 0.4) is 0 Å². The normalized spacial score (nSPS) is 15.7. The van der Waals surface area contributed by atoms with E-state index in [2.05, 4.69) is 12.2 Å². The number of carbonyl (C=O) groups is 2. The number of ether oxygens (including phenoxy) is 1. The van der Waals surface area contributed by atoms with E-state index in [0.29, 0.717) is 18.6 Å². The van der Waals surface area contributed by atoms with E-state index < -0.39 is 5.97 Å². The molecule has 5 heteroatoms. The Morgan fingerprint density at radius 3 is 2.69 bits per heavy atom. The van der Waals surface area contributed by atoms with Crippen molar-refractivity contribution < 1.29 is 19.4 Å². The van der Waals surface area contributed by atoms with Crippen LogP contribution in [0.4, 0.5) is 0 Å². The molecule has 0 aliphatic carbocycles. The molecule has 1 atom stereocenters. The number of para-hydroxylation sites is 1. The van der Waals surface area contributed by atoms with Crippen LogP contribution in [0.1, 0.15) is 52.9 Å². The molecule has 0 saturated heterocycles. The summed E-state index contributed by atoms with van der Waals surface area (Å²) >= 11 is 0. The maximum absolute atomic E-state index is 12.4. The fraction of sp³-hybridized carbons (Fsp3) is 0.333. The van der Waals surface area contributed by atoms with Gasteiger partial charge in [-0.2, -0.15) is 0 Å². The highest BCUT2D eigenvalue weighted by atomic mass is 16.5. The van der Waals surface area contributed by atoms with Crippen LogP contribution in [0, 0.1) is 0 Å². The molecule has 1 aliphatic rings. The third-order valence-electron chi connectivity index (χ3n) is 4.74. The Labute approximate surface area is 153 Å². The molecule has 0 fully saturated rings. The first-order valence-corrected chi connectivity index (χ1v) is 8.95. The van der Waals surface area contributed by atoms with Gasteiger partial charge in [-0.05, 0) is 30.0 Å². The van der Waals surface area contributed by atoms with Gasteiger partial charge in [0.05, 0.1) is 18.2 Å². The van der Waals surface area contributed by atoms with E-state index in [4.69, 9.17) is 4.74 Å². The third kappa shape index (κ3) is 3.87. The average molecular weight is 353 g/mol. The molecule has 2 aromatic rings. The van der Waals surface area contributed by atoms with Crippen LogP contribution in [0.5, 0.6) is 5.75 Å². The van der Waals surface area contributed by atoms with Gasteiger partial charge in [-0.25, -0.2) is 4.79 Å². The van der Waals surface area contributed by atoms with Gasteiger partial charge in [0.1, 0.15) is 5.75 Å². The van der Waals surface area contributed by atoms with Crippen molar-refractivity contribution in [3.63, 3.8) is 0 Å². The quantitative estimate of drug-likeness (QED) is 0.833. The van der Waals surface area contributed by atoms with E-state index in [0.717, 1.165) is 29.7 Å². The summed E-state index contributed by atoms with van der Waals surface area (Å²) in [6, 6.07) is 12.8. The number of aryl methyl sites for hydroxylation is 2. The van der Waals surface area contributed by atoms with Gasteiger partial charge in [0, 0.05) is 18.4 Å². The van der Waals surface area contributed by atoms with Crippen molar-refractivity contribution in [1.29, 1.82) is 0 Å². The number of fused-ring (bicyclic) bond motifs is 1. The molecule has 1 heterocycles. The van der Waals surface area contributed by atoms with E-state index in [9.17, 15) is 14.7 Å². The van der Waals surface area contributed by atoms with Crippen molar-refractivity contribution in [3.05, 3.63) is 64.7 Å². The Morgan fingerprint density at radius 1 is 1.15 bits per heavy atom. The zero-order chi connectivity index (χ0) is 18.5. The van der Waals surface area contributed by atoms with E-state index in [-0.39, 0.29) is 23.9 Å². The van der Waals surface area contributed by atoms with Gasteiger partial charge < -0.3 is 15.2 Å². The minimum atomic E-state index is -0.966. The summed E-state index contributed by atoms with van der Waals surface area (Å²) in [7, 11) is 0. The number of benzene rings is 2. The average Bonchev–Trinajstić information content (AvgIpc) is 2.66. The predicted octanol–water partition coefficient (Wildman–Crippen LogP) is 3.52. The lowest BCUT2D eigenvalue weighted by molar-refractivity contribution is -0.122. The number of carbonyl (C=O) groups excluding carboxylic acids is 1. The zero-order valence-corrected chi connectivity index (χ0v) is 14.8. The van der Waals surface area contributed by atoms with Crippen molar-refractivity contribution in [3.8, 4) is 5.75 Å². The first kappa shape index (κ1) is 18.0. The Morgan fingerprint density at radius 2 is 1.92 bits per heavy atom. The molecule has 1 aliphatic heterocycles. The number of carboxylic acids is 1. The molecule has 3 rings (SSSR count). The molecule has 0 bridgehead atoms. The lowest BCUT2D eigenvalue weighted by atomic mass is 9.96. The van der Waals surface area contributed by atoms with Crippen LogP contribution >= 0.6 is 0 Å². The summed E-state index contributed by atoms with van der Waals surface area (Å²) in [4.78, 5) is 23.7. The Bertz CT molecular complexity index is 815. The number of aromatic carboxylic acids is 1. The lowest BCUT2D eigenvalue weighted by Crippen LogP contribution is -2.32. The standard InChI is InChI=1S/C21H23NO4/c1-2-14-7-5-9-17-18(12-13-26-20(14)17)22-19(23)11-10-15-6-3-4-8-16(15)21(24)25/h3-9,18H,2,10-13H2,1H3,(H,22,23)(H,24,25). The van der Waals surface area contributed by atoms with Gasteiger partial charge >= 0.3 is 5.97 Å². The molecule has 1 unspecified atom stereocenters. The highest BCUT2D eigenvalue weighted by molar-refractivity contribution is 5.89. The molecule has 26 heavy (non-hydrogen) atoms. The van der Waals surface area contributed by atoms with E-state index in [1.165, 1.54) is 0 Å². The second kappa shape index (κ2) is 8.04. The summed E-state index contributed by atoms with van der Waals surface area (Å²) in [5.74, 6) is -0.154. The van der Waals surface area contributed by atoms with Gasteiger partial charge in [0.25, 0.3) is 0 Å². The molecule has 5 nitrogen and oxygen atoms in total. The zero-order valence-electron chi connectivity index (χ0n) is 14.8. The highest BCUT2D eigenvalue weighted by Crippen LogP contribution is 2.35. The number of rotatable bonds is 6. The highest BCUT2D eigenvalue weighted by Gasteiger charge is 2.24. The van der Waals surface area contributed by atoms with Crippen LogP contribution < -0.4 is 10.1 Å². The number of carboxylic acid groups (broad SMARTS) is 1. The molecule has 0 saturated carbocycles. The second-order valence-electron chi connectivity index (χ2n) is 6.41. The first-order valence-electron chi connectivity index (χ1n) is 8.95. The summed E-state index contributed by atoms with van der Waals surface area (Å²) in [5, 5.41) is 12.3. The van der Waals surface area contributed by atoms with Crippen LogP contribution in [0.15, 0.2) is 42.5 Å². The van der Waals surface area contributed by atoms with Gasteiger partial charge in [-0.15, -0.1) is 0 Å². The van der Waals surface area contributed by atoms with E-state index >= 15 is 0 Å². The molecule has 1 amide bonds. The Kier molecular flexibility index (Phi) is 5.56. The number of hydrogen-bond donors (Lipinski definition) is 2. The summed E-state index contributed by atoms with van der Waals surface area (Å²) in [6.07, 6.45) is 2.28. The minimum absolute atomic E-state index is 0.0625. The largest absolute Gasteiger partial charge is 0.493 e. The summed E-state index contributed by atoms with van der Waals surface area (Å²) < 4.78 is 5.81. The smallest absolute Gasteiger partial charge is 0.335 e. The molecule has 2 N–H and O–H groups in total.